The molecule has 0 aromatic carbocycles. The Morgan fingerprint density at radius 2 is 2.40 bits per heavy atom. The summed E-state index contributed by atoms with van der Waals surface area (Å²) < 4.78 is 0. The van der Waals surface area contributed by atoms with Gasteiger partial charge in [0.15, 0.2) is 0 Å². The van der Waals surface area contributed by atoms with Gasteiger partial charge in [0.05, 0.1) is 11.7 Å². The molecule has 3 N–H and O–H groups in total. The topological polar surface area (TPSA) is 74.2 Å². The lowest BCUT2D eigenvalue weighted by Crippen LogP contribution is -2.51. The Morgan fingerprint density at radius 3 is 2.93 bits per heavy atom. The van der Waals surface area contributed by atoms with Gasteiger partial charge in [-0.05, 0) is 6.07 Å². The molecule has 0 amide bonds. The van der Waals surface area contributed by atoms with Crippen molar-refractivity contribution in [1.29, 1.82) is 0 Å². The standard InChI is InChI=1S/C9H10ClN3O2/c10-8-1-7(13-5-2-11-3-5)6(4-12-8)9(14)15/h1,4-5,11H,2-3H2,(H,12,13)(H,14,15). The summed E-state index contributed by atoms with van der Waals surface area (Å²) in [5.74, 6) is -1.01. The van der Waals surface area contributed by atoms with Crippen LogP contribution in [0.3, 0.4) is 0 Å². The fourth-order valence-corrected chi connectivity index (χ4v) is 1.49. The molecule has 2 heterocycles. The Kier molecular flexibility index (Phi) is 2.75. The van der Waals surface area contributed by atoms with Crippen LogP contribution in [-0.4, -0.2) is 35.2 Å². The van der Waals surface area contributed by atoms with Crippen LogP contribution in [0.5, 0.6) is 0 Å². The number of nitrogens with one attached hydrogen (secondary N) is 2. The molecule has 2 rings (SSSR count). The molecular weight excluding hydrogens is 218 g/mol. The number of carbonyl (C=O) groups is 1. The SMILES string of the molecule is O=C(O)c1cnc(Cl)cc1NC1CNC1. The van der Waals surface area contributed by atoms with E-state index in [0.29, 0.717) is 5.69 Å². The van der Waals surface area contributed by atoms with Gasteiger partial charge in [0.1, 0.15) is 10.7 Å². The quantitative estimate of drug-likeness (QED) is 0.667. The van der Waals surface area contributed by atoms with E-state index in [9.17, 15) is 4.79 Å². The van der Waals surface area contributed by atoms with Crippen LogP contribution in [-0.2, 0) is 0 Å². The Balaban J connectivity index is 2.24. The lowest BCUT2D eigenvalue weighted by molar-refractivity contribution is 0.0697. The third-order valence-electron chi connectivity index (χ3n) is 2.24. The second kappa shape index (κ2) is 4.04. The van der Waals surface area contributed by atoms with Gasteiger partial charge < -0.3 is 15.7 Å². The third-order valence-corrected chi connectivity index (χ3v) is 2.45. The summed E-state index contributed by atoms with van der Waals surface area (Å²) in [6.45, 7) is 1.66. The number of carboxylic acid groups (broad SMARTS) is 1. The molecular formula is C9H10ClN3O2. The van der Waals surface area contributed by atoms with Gasteiger partial charge in [0, 0.05) is 19.3 Å². The van der Waals surface area contributed by atoms with E-state index in [0.717, 1.165) is 13.1 Å². The van der Waals surface area contributed by atoms with Crippen molar-refractivity contribution in [1.82, 2.24) is 10.3 Å². The van der Waals surface area contributed by atoms with E-state index in [4.69, 9.17) is 16.7 Å². The fourth-order valence-electron chi connectivity index (χ4n) is 1.33. The van der Waals surface area contributed by atoms with E-state index in [2.05, 4.69) is 15.6 Å². The van der Waals surface area contributed by atoms with Gasteiger partial charge in [-0.2, -0.15) is 0 Å². The molecule has 0 atom stereocenters. The lowest BCUT2D eigenvalue weighted by atomic mass is 10.1. The Labute approximate surface area is 91.5 Å². The van der Waals surface area contributed by atoms with Crippen LogP contribution in [0, 0.1) is 0 Å². The molecule has 0 spiro atoms. The molecule has 0 bridgehead atoms. The highest BCUT2D eigenvalue weighted by atomic mass is 35.5. The van der Waals surface area contributed by atoms with Gasteiger partial charge in [-0.3, -0.25) is 0 Å². The average molecular weight is 228 g/mol. The first-order valence-corrected chi connectivity index (χ1v) is 4.90. The zero-order chi connectivity index (χ0) is 10.8. The van der Waals surface area contributed by atoms with Crippen LogP contribution in [0.25, 0.3) is 0 Å². The van der Waals surface area contributed by atoms with Crippen molar-refractivity contribution in [3.8, 4) is 0 Å². The molecule has 1 aliphatic heterocycles. The molecule has 5 nitrogen and oxygen atoms in total. The summed E-state index contributed by atoms with van der Waals surface area (Å²) in [5.41, 5.74) is 0.667. The van der Waals surface area contributed by atoms with E-state index in [-0.39, 0.29) is 16.8 Å². The van der Waals surface area contributed by atoms with Gasteiger partial charge in [-0.25, -0.2) is 9.78 Å². The Bertz CT molecular complexity index is 393. The lowest BCUT2D eigenvalue weighted by Gasteiger charge is -2.29. The molecule has 0 saturated carbocycles. The van der Waals surface area contributed by atoms with E-state index < -0.39 is 5.97 Å². The second-order valence-corrected chi connectivity index (χ2v) is 3.74. The van der Waals surface area contributed by atoms with Crippen molar-refractivity contribution in [2.75, 3.05) is 18.4 Å². The van der Waals surface area contributed by atoms with Crippen molar-refractivity contribution in [3.05, 3.63) is 23.0 Å². The first-order valence-electron chi connectivity index (χ1n) is 4.53. The molecule has 1 aromatic rings. The number of anilines is 1. The molecule has 1 aliphatic rings. The Morgan fingerprint density at radius 1 is 1.67 bits per heavy atom. The van der Waals surface area contributed by atoms with E-state index >= 15 is 0 Å². The van der Waals surface area contributed by atoms with Gasteiger partial charge in [-0.15, -0.1) is 0 Å². The van der Waals surface area contributed by atoms with Crippen molar-refractivity contribution in [2.24, 2.45) is 0 Å². The molecule has 1 aromatic heterocycles. The van der Waals surface area contributed by atoms with Gasteiger partial charge in [-0.1, -0.05) is 11.6 Å². The predicted octanol–water partition coefficient (Wildman–Crippen LogP) is 0.817. The highest BCUT2D eigenvalue weighted by molar-refractivity contribution is 6.29. The fraction of sp³-hybridized carbons (Fsp3) is 0.333. The summed E-state index contributed by atoms with van der Waals surface area (Å²) in [6, 6.07) is 1.80. The van der Waals surface area contributed by atoms with E-state index in [1.807, 2.05) is 0 Å². The number of pyridine rings is 1. The maximum atomic E-state index is 10.9. The number of nitrogens with zero attached hydrogens (tertiary/aromatic N) is 1. The highest BCUT2D eigenvalue weighted by Gasteiger charge is 2.19. The number of rotatable bonds is 3. The monoisotopic (exact) mass is 227 g/mol. The van der Waals surface area contributed by atoms with Gasteiger partial charge in [0.25, 0.3) is 0 Å². The number of carboxylic acids is 1. The van der Waals surface area contributed by atoms with Crippen LogP contribution >= 0.6 is 11.6 Å². The molecule has 80 valence electrons. The summed E-state index contributed by atoms with van der Waals surface area (Å²) in [4.78, 5) is 14.6. The summed E-state index contributed by atoms with van der Waals surface area (Å²) in [5, 5.41) is 15.4. The minimum Gasteiger partial charge on any atom is -0.478 e. The van der Waals surface area contributed by atoms with Crippen molar-refractivity contribution in [2.45, 2.75) is 6.04 Å². The van der Waals surface area contributed by atoms with Crippen molar-refractivity contribution < 1.29 is 9.90 Å². The third kappa shape index (κ3) is 2.19. The predicted molar refractivity (Wildman–Crippen MR) is 56.5 cm³/mol. The molecule has 1 fully saturated rings. The number of aromatic nitrogens is 1. The average Bonchev–Trinajstić information content (AvgIpc) is 2.11. The highest BCUT2D eigenvalue weighted by Crippen LogP contribution is 2.20. The summed E-state index contributed by atoms with van der Waals surface area (Å²) in [6.07, 6.45) is 1.26. The number of hydrogen-bond donors (Lipinski definition) is 3. The first kappa shape index (κ1) is 10.2. The second-order valence-electron chi connectivity index (χ2n) is 3.36. The van der Waals surface area contributed by atoms with E-state index in [1.165, 1.54) is 12.3 Å². The number of halogens is 1. The zero-order valence-electron chi connectivity index (χ0n) is 7.83. The van der Waals surface area contributed by atoms with Crippen LogP contribution < -0.4 is 10.6 Å². The van der Waals surface area contributed by atoms with Crippen LogP contribution in [0.15, 0.2) is 12.3 Å². The molecule has 0 aliphatic carbocycles. The number of aromatic carboxylic acids is 1. The number of hydrogen-bond acceptors (Lipinski definition) is 4. The molecule has 0 unspecified atom stereocenters. The van der Waals surface area contributed by atoms with Crippen LogP contribution in [0.2, 0.25) is 5.15 Å². The van der Waals surface area contributed by atoms with Gasteiger partial charge >= 0.3 is 5.97 Å². The minimum absolute atomic E-state index is 0.145. The van der Waals surface area contributed by atoms with Gasteiger partial charge in [0.2, 0.25) is 0 Å². The smallest absolute Gasteiger partial charge is 0.339 e. The van der Waals surface area contributed by atoms with Crippen molar-refractivity contribution in [3.63, 3.8) is 0 Å². The Hall–Kier alpha value is -1.33. The minimum atomic E-state index is -1.01. The molecule has 0 radical (unpaired) electrons. The maximum Gasteiger partial charge on any atom is 0.339 e. The molecule has 1 saturated heterocycles. The largest absolute Gasteiger partial charge is 0.478 e. The van der Waals surface area contributed by atoms with E-state index in [1.54, 1.807) is 0 Å². The first-order chi connectivity index (χ1) is 7.16. The van der Waals surface area contributed by atoms with Crippen LogP contribution in [0.1, 0.15) is 10.4 Å². The summed E-state index contributed by atoms with van der Waals surface area (Å²) >= 11 is 5.71. The van der Waals surface area contributed by atoms with Crippen LogP contribution in [0.4, 0.5) is 5.69 Å². The molecule has 6 heteroatoms. The normalized spacial score (nSPS) is 15.8. The zero-order valence-corrected chi connectivity index (χ0v) is 8.58. The molecule has 15 heavy (non-hydrogen) atoms. The van der Waals surface area contributed by atoms with Crippen molar-refractivity contribution >= 4 is 23.3 Å². The maximum absolute atomic E-state index is 10.9. The summed E-state index contributed by atoms with van der Waals surface area (Å²) in [7, 11) is 0.